The number of benzene rings is 2. The summed E-state index contributed by atoms with van der Waals surface area (Å²) in [5, 5.41) is 0. The first kappa shape index (κ1) is 17.5. The largest absolute Gasteiger partial charge is 0.493 e. The van der Waals surface area contributed by atoms with E-state index in [4.69, 9.17) is 9.47 Å². The van der Waals surface area contributed by atoms with Crippen molar-refractivity contribution in [1.82, 2.24) is 0 Å². The van der Waals surface area contributed by atoms with Gasteiger partial charge in [-0.15, -0.1) is 0 Å². The van der Waals surface area contributed by atoms with Gasteiger partial charge in [0.05, 0.1) is 21.1 Å². The maximum atomic E-state index is 12.3. The van der Waals surface area contributed by atoms with E-state index in [1.54, 1.807) is 18.2 Å². The fraction of sp³-hybridized carbons (Fsp3) is 0.188. The molecule has 0 amide bonds. The normalized spacial score (nSPS) is 10.4. The molecule has 0 fully saturated rings. The van der Waals surface area contributed by atoms with E-state index in [1.165, 1.54) is 0 Å². The minimum Gasteiger partial charge on any atom is -0.493 e. The van der Waals surface area contributed by atoms with Crippen molar-refractivity contribution in [1.29, 1.82) is 0 Å². The van der Waals surface area contributed by atoms with Gasteiger partial charge in [-0.2, -0.15) is 0 Å². The Morgan fingerprint density at radius 1 is 1.09 bits per heavy atom. The van der Waals surface area contributed by atoms with Crippen LogP contribution in [0.4, 0.5) is 0 Å². The van der Waals surface area contributed by atoms with Crippen LogP contribution in [0.5, 0.6) is 11.5 Å². The number of carbonyl (C=O) groups is 1. The minimum absolute atomic E-state index is 0.421. The number of aryl methyl sites for hydroxylation is 1. The molecule has 22 heavy (non-hydrogen) atoms. The molecule has 2 aromatic rings. The topological polar surface area (TPSA) is 35.5 Å². The Labute approximate surface area is 154 Å². The molecule has 0 aliphatic heterocycles. The number of esters is 1. The molecule has 0 radical (unpaired) electrons. The molecule has 0 spiro atoms. The van der Waals surface area contributed by atoms with Gasteiger partial charge in [0.15, 0.2) is 0 Å². The first-order valence-electron chi connectivity index (χ1n) is 6.52. The van der Waals surface area contributed by atoms with Crippen molar-refractivity contribution >= 4 is 53.8 Å². The smallest absolute Gasteiger partial charge is 0.343 e. The summed E-state index contributed by atoms with van der Waals surface area (Å²) in [6.45, 7) is 4.35. The second kappa shape index (κ2) is 7.62. The van der Waals surface area contributed by atoms with Gasteiger partial charge in [0.2, 0.25) is 0 Å². The third kappa shape index (κ3) is 4.12. The van der Waals surface area contributed by atoms with Crippen LogP contribution in [0.1, 0.15) is 22.8 Å². The Morgan fingerprint density at radius 2 is 1.82 bits per heavy atom. The van der Waals surface area contributed by atoms with E-state index >= 15 is 0 Å². The summed E-state index contributed by atoms with van der Waals surface area (Å²) >= 11 is 10.2. The predicted molar refractivity (Wildman–Crippen MR) is 96.8 cm³/mol. The molecule has 116 valence electrons. The quantitative estimate of drug-likeness (QED) is 0.394. The van der Waals surface area contributed by atoms with Crippen LogP contribution >= 0.6 is 47.8 Å². The van der Waals surface area contributed by atoms with Crippen molar-refractivity contribution in [2.24, 2.45) is 0 Å². The first-order valence-corrected chi connectivity index (χ1v) is 8.90. The third-order valence-corrected chi connectivity index (χ3v) is 4.52. The van der Waals surface area contributed by atoms with E-state index in [0.29, 0.717) is 23.7 Å². The predicted octanol–water partition coefficient (Wildman–Crippen LogP) is 5.90. The SMILES string of the molecule is CCOc1ccc(C(=O)Oc2c(C)cc(Br)cc2Br)cc1Br. The summed E-state index contributed by atoms with van der Waals surface area (Å²) in [6.07, 6.45) is 0. The fourth-order valence-electron chi connectivity index (χ4n) is 1.87. The lowest BCUT2D eigenvalue weighted by atomic mass is 10.2. The van der Waals surface area contributed by atoms with Crippen molar-refractivity contribution in [3.8, 4) is 11.5 Å². The second-order valence-corrected chi connectivity index (χ2v) is 7.13. The van der Waals surface area contributed by atoms with Gasteiger partial charge in [-0.05, 0) is 81.6 Å². The number of hydrogen-bond donors (Lipinski definition) is 0. The standard InChI is InChI=1S/C16H13Br3O3/c1-3-21-14-5-4-10(7-12(14)18)16(20)22-15-9(2)6-11(17)8-13(15)19/h4-8H,3H2,1-2H3. The summed E-state index contributed by atoms with van der Waals surface area (Å²) in [7, 11) is 0. The molecule has 6 heteroatoms. The van der Waals surface area contributed by atoms with Gasteiger partial charge in [0.1, 0.15) is 11.5 Å². The lowest BCUT2D eigenvalue weighted by Gasteiger charge is -2.11. The fourth-order valence-corrected chi connectivity index (χ4v) is 3.88. The van der Waals surface area contributed by atoms with Crippen molar-refractivity contribution in [2.75, 3.05) is 6.61 Å². The highest BCUT2D eigenvalue weighted by Gasteiger charge is 2.15. The van der Waals surface area contributed by atoms with E-state index in [1.807, 2.05) is 26.0 Å². The maximum Gasteiger partial charge on any atom is 0.343 e. The Bertz CT molecular complexity index is 691. The minimum atomic E-state index is -0.421. The Balaban J connectivity index is 2.25. The molecule has 0 aliphatic rings. The number of rotatable bonds is 4. The van der Waals surface area contributed by atoms with Gasteiger partial charge < -0.3 is 9.47 Å². The van der Waals surface area contributed by atoms with Crippen LogP contribution in [0.25, 0.3) is 0 Å². The maximum absolute atomic E-state index is 12.3. The van der Waals surface area contributed by atoms with Crippen molar-refractivity contribution < 1.29 is 14.3 Å². The molecular weight excluding hydrogens is 480 g/mol. The van der Waals surface area contributed by atoms with Gasteiger partial charge in [-0.25, -0.2) is 4.79 Å². The van der Waals surface area contributed by atoms with Gasteiger partial charge in [0, 0.05) is 4.47 Å². The zero-order chi connectivity index (χ0) is 16.3. The molecule has 0 bridgehead atoms. The van der Waals surface area contributed by atoms with Gasteiger partial charge in [-0.1, -0.05) is 15.9 Å². The van der Waals surface area contributed by atoms with Crippen LogP contribution in [0.2, 0.25) is 0 Å². The second-order valence-electron chi connectivity index (χ2n) is 4.50. The Morgan fingerprint density at radius 3 is 2.41 bits per heavy atom. The molecule has 2 aromatic carbocycles. The molecule has 0 aliphatic carbocycles. The molecule has 0 saturated carbocycles. The van der Waals surface area contributed by atoms with Crippen LogP contribution in [-0.4, -0.2) is 12.6 Å². The summed E-state index contributed by atoms with van der Waals surface area (Å²) in [5.41, 5.74) is 1.31. The summed E-state index contributed by atoms with van der Waals surface area (Å²) in [6, 6.07) is 8.84. The first-order chi connectivity index (χ1) is 10.4. The molecule has 0 atom stereocenters. The summed E-state index contributed by atoms with van der Waals surface area (Å²) < 4.78 is 13.3. The number of hydrogen-bond acceptors (Lipinski definition) is 3. The Hall–Kier alpha value is -0.850. The number of ether oxygens (including phenoxy) is 2. The average molecular weight is 493 g/mol. The van der Waals surface area contributed by atoms with E-state index < -0.39 is 5.97 Å². The van der Waals surface area contributed by atoms with Crippen molar-refractivity contribution in [2.45, 2.75) is 13.8 Å². The molecule has 0 heterocycles. The zero-order valence-corrected chi connectivity index (χ0v) is 16.7. The molecule has 0 saturated heterocycles. The van der Waals surface area contributed by atoms with Crippen LogP contribution in [0.15, 0.2) is 43.7 Å². The van der Waals surface area contributed by atoms with Gasteiger partial charge in [-0.3, -0.25) is 0 Å². The van der Waals surface area contributed by atoms with E-state index in [9.17, 15) is 4.79 Å². The molecule has 0 unspecified atom stereocenters. The highest BCUT2D eigenvalue weighted by molar-refractivity contribution is 9.11. The van der Waals surface area contributed by atoms with Gasteiger partial charge >= 0.3 is 5.97 Å². The monoisotopic (exact) mass is 490 g/mol. The highest BCUT2D eigenvalue weighted by Crippen LogP contribution is 2.33. The number of halogens is 3. The average Bonchev–Trinajstić information content (AvgIpc) is 2.45. The van der Waals surface area contributed by atoms with Crippen LogP contribution < -0.4 is 9.47 Å². The highest BCUT2D eigenvalue weighted by atomic mass is 79.9. The van der Waals surface area contributed by atoms with Crippen molar-refractivity contribution in [3.63, 3.8) is 0 Å². The molecule has 3 nitrogen and oxygen atoms in total. The van der Waals surface area contributed by atoms with E-state index in [2.05, 4.69) is 47.8 Å². The zero-order valence-electron chi connectivity index (χ0n) is 12.0. The molecule has 0 N–H and O–H groups in total. The van der Waals surface area contributed by atoms with Crippen LogP contribution in [0.3, 0.4) is 0 Å². The number of carbonyl (C=O) groups excluding carboxylic acids is 1. The van der Waals surface area contributed by atoms with E-state index in [-0.39, 0.29) is 0 Å². The Kier molecular flexibility index (Phi) is 6.06. The van der Waals surface area contributed by atoms with Gasteiger partial charge in [0.25, 0.3) is 0 Å². The third-order valence-electron chi connectivity index (χ3n) is 2.86. The summed E-state index contributed by atoms with van der Waals surface area (Å²) in [5.74, 6) is 0.785. The van der Waals surface area contributed by atoms with Crippen molar-refractivity contribution in [3.05, 3.63) is 54.9 Å². The van der Waals surface area contributed by atoms with E-state index in [0.717, 1.165) is 19.0 Å². The van der Waals surface area contributed by atoms with Crippen LogP contribution in [0, 0.1) is 6.92 Å². The molecular formula is C16H13Br3O3. The molecule has 0 aromatic heterocycles. The lowest BCUT2D eigenvalue weighted by molar-refractivity contribution is 0.0732. The molecule has 2 rings (SSSR count). The van der Waals surface area contributed by atoms with Crippen LogP contribution in [-0.2, 0) is 0 Å². The summed E-state index contributed by atoms with van der Waals surface area (Å²) in [4.78, 5) is 12.3. The lowest BCUT2D eigenvalue weighted by Crippen LogP contribution is -2.10.